The van der Waals surface area contributed by atoms with Gasteiger partial charge in [-0.3, -0.25) is 9.78 Å². The fourth-order valence-electron chi connectivity index (χ4n) is 2.68. The number of aldehydes is 1. The van der Waals surface area contributed by atoms with Crippen molar-refractivity contribution in [2.45, 2.75) is 56.4 Å². The first-order chi connectivity index (χ1) is 14.6. The second-order valence-electron chi connectivity index (χ2n) is 6.29. The number of halogens is 2. The van der Waals surface area contributed by atoms with Crippen molar-refractivity contribution in [1.82, 2.24) is 15.0 Å². The van der Waals surface area contributed by atoms with E-state index < -0.39 is 0 Å². The Balaban J connectivity index is 0.000000469. The summed E-state index contributed by atoms with van der Waals surface area (Å²) in [7, 11) is 0. The second kappa shape index (κ2) is 13.4. The van der Waals surface area contributed by atoms with E-state index in [1.165, 1.54) is 11.8 Å². The van der Waals surface area contributed by atoms with Gasteiger partial charge in [0.2, 0.25) is 12.7 Å². The highest BCUT2D eigenvalue weighted by Crippen LogP contribution is 2.33. The Morgan fingerprint density at radius 2 is 1.93 bits per heavy atom. The molecule has 0 bridgehead atoms. The summed E-state index contributed by atoms with van der Waals surface area (Å²) in [4.78, 5) is 32.7. The molecular formula is C20H23Cl2N3O4S. The maximum Gasteiger partial charge on any atom is 0.295 e. The van der Waals surface area contributed by atoms with Gasteiger partial charge >= 0.3 is 0 Å². The summed E-state index contributed by atoms with van der Waals surface area (Å²) in [6.45, 7) is 2.24. The van der Waals surface area contributed by atoms with Gasteiger partial charge in [0.05, 0.1) is 15.7 Å². The van der Waals surface area contributed by atoms with Crippen LogP contribution in [0.15, 0.2) is 17.6 Å². The number of pyridine rings is 1. The molecule has 2 aromatic rings. The molecule has 0 aliphatic heterocycles. The predicted octanol–water partition coefficient (Wildman–Crippen LogP) is 4.84. The molecule has 162 valence electrons. The maximum absolute atomic E-state index is 10.2. The van der Waals surface area contributed by atoms with E-state index in [1.807, 2.05) is 0 Å². The van der Waals surface area contributed by atoms with Gasteiger partial charge < -0.3 is 14.3 Å². The molecule has 0 unspecified atom stereocenters. The Morgan fingerprint density at radius 1 is 1.17 bits per heavy atom. The van der Waals surface area contributed by atoms with Crippen LogP contribution in [0.4, 0.5) is 0 Å². The molecule has 0 saturated heterocycles. The van der Waals surface area contributed by atoms with Gasteiger partial charge in [-0.1, -0.05) is 48.3 Å². The molecule has 0 N–H and O–H groups in total. The number of aromatic nitrogens is 3. The third-order valence-corrected chi connectivity index (χ3v) is 5.71. The topological polar surface area (TPSA) is 91.3 Å². The van der Waals surface area contributed by atoms with Crippen LogP contribution in [0, 0.1) is 0 Å². The standard InChI is InChI=1S/C15H13Cl2N3O3S.C5H10O/c16-11-4-18-5-12(17)10(11)6-24-15-19-13-3-1-2-9(13)14(20-15)23-8-22-7-21;1-2-3-4-5-6/h4-5,7H,1-3,6,8H2;5H,2-4H2,1H3. The summed E-state index contributed by atoms with van der Waals surface area (Å²) in [5, 5.41) is 1.58. The predicted molar refractivity (Wildman–Crippen MR) is 116 cm³/mol. The zero-order valence-electron chi connectivity index (χ0n) is 16.6. The van der Waals surface area contributed by atoms with E-state index in [1.54, 1.807) is 12.4 Å². The maximum atomic E-state index is 10.2. The average Bonchev–Trinajstić information content (AvgIpc) is 3.21. The van der Waals surface area contributed by atoms with Gasteiger partial charge in [0.25, 0.3) is 6.47 Å². The molecule has 1 aliphatic rings. The first-order valence-corrected chi connectivity index (χ1v) is 11.3. The van der Waals surface area contributed by atoms with Crippen LogP contribution in [-0.2, 0) is 32.9 Å². The van der Waals surface area contributed by atoms with E-state index in [0.29, 0.717) is 33.3 Å². The minimum Gasteiger partial charge on any atom is -0.440 e. The minimum absolute atomic E-state index is 0.168. The number of nitrogens with zero attached hydrogens (tertiary/aromatic N) is 3. The Morgan fingerprint density at radius 3 is 2.57 bits per heavy atom. The Bertz CT molecular complexity index is 835. The quantitative estimate of drug-likeness (QED) is 0.159. The molecular weight excluding hydrogens is 449 g/mol. The van der Waals surface area contributed by atoms with E-state index >= 15 is 0 Å². The van der Waals surface area contributed by atoms with Gasteiger partial charge in [-0.25, -0.2) is 4.98 Å². The van der Waals surface area contributed by atoms with Gasteiger partial charge in [-0.05, 0) is 25.7 Å². The summed E-state index contributed by atoms with van der Waals surface area (Å²) in [6.07, 6.45) is 9.72. The summed E-state index contributed by atoms with van der Waals surface area (Å²) >= 11 is 13.7. The van der Waals surface area contributed by atoms with Crippen molar-refractivity contribution in [2.75, 3.05) is 6.79 Å². The van der Waals surface area contributed by atoms with E-state index in [2.05, 4.69) is 26.6 Å². The largest absolute Gasteiger partial charge is 0.440 e. The molecule has 0 spiro atoms. The van der Waals surface area contributed by atoms with Crippen LogP contribution in [0.5, 0.6) is 5.88 Å². The third kappa shape index (κ3) is 7.41. The van der Waals surface area contributed by atoms with E-state index in [-0.39, 0.29) is 6.79 Å². The van der Waals surface area contributed by atoms with Crippen LogP contribution < -0.4 is 4.74 Å². The van der Waals surface area contributed by atoms with Crippen molar-refractivity contribution in [3.05, 3.63) is 39.3 Å². The lowest BCUT2D eigenvalue weighted by atomic mass is 10.2. The van der Waals surface area contributed by atoms with Crippen molar-refractivity contribution in [1.29, 1.82) is 0 Å². The van der Waals surface area contributed by atoms with Gasteiger partial charge in [-0.15, -0.1) is 0 Å². The Hall–Kier alpha value is -1.90. The van der Waals surface area contributed by atoms with E-state index in [0.717, 1.165) is 61.6 Å². The van der Waals surface area contributed by atoms with E-state index in [9.17, 15) is 9.59 Å². The Labute approximate surface area is 189 Å². The van der Waals surface area contributed by atoms with Crippen molar-refractivity contribution < 1.29 is 19.1 Å². The molecule has 0 radical (unpaired) electrons. The van der Waals surface area contributed by atoms with Gasteiger partial charge in [0.15, 0.2) is 5.16 Å². The van der Waals surface area contributed by atoms with Crippen LogP contribution in [0.1, 0.15) is 49.4 Å². The van der Waals surface area contributed by atoms with Crippen molar-refractivity contribution in [3.63, 3.8) is 0 Å². The molecule has 10 heteroatoms. The lowest BCUT2D eigenvalue weighted by Gasteiger charge is -2.11. The number of thioether (sulfide) groups is 1. The highest BCUT2D eigenvalue weighted by molar-refractivity contribution is 7.98. The summed E-state index contributed by atoms with van der Waals surface area (Å²) in [6, 6.07) is 0. The lowest BCUT2D eigenvalue weighted by Crippen LogP contribution is -2.07. The fourth-order valence-corrected chi connectivity index (χ4v) is 4.24. The molecule has 30 heavy (non-hydrogen) atoms. The summed E-state index contributed by atoms with van der Waals surface area (Å²) < 4.78 is 10.0. The molecule has 2 aromatic heterocycles. The van der Waals surface area contributed by atoms with Gasteiger partial charge in [0, 0.05) is 35.7 Å². The Kier molecular flexibility index (Phi) is 10.9. The van der Waals surface area contributed by atoms with Crippen molar-refractivity contribution >= 4 is 47.7 Å². The lowest BCUT2D eigenvalue weighted by molar-refractivity contribution is -0.134. The molecule has 2 heterocycles. The number of aryl methyl sites for hydroxylation is 1. The molecule has 7 nitrogen and oxygen atoms in total. The molecule has 1 aliphatic carbocycles. The molecule has 3 rings (SSSR count). The number of hydrogen-bond donors (Lipinski definition) is 0. The normalized spacial score (nSPS) is 11.8. The second-order valence-corrected chi connectivity index (χ2v) is 8.05. The van der Waals surface area contributed by atoms with Crippen LogP contribution >= 0.6 is 35.0 Å². The summed E-state index contributed by atoms with van der Waals surface area (Å²) in [5.41, 5.74) is 2.74. The molecule has 0 fully saturated rings. The number of ether oxygens (including phenoxy) is 2. The number of carbonyl (C=O) groups excluding carboxylic acids is 2. The number of unbranched alkanes of at least 4 members (excludes halogenated alkanes) is 2. The smallest absolute Gasteiger partial charge is 0.295 e. The van der Waals surface area contributed by atoms with Crippen molar-refractivity contribution in [3.8, 4) is 5.88 Å². The van der Waals surface area contributed by atoms with Crippen LogP contribution in [-0.4, -0.2) is 34.5 Å². The monoisotopic (exact) mass is 471 g/mol. The minimum atomic E-state index is -0.168. The average molecular weight is 472 g/mol. The van der Waals surface area contributed by atoms with Crippen LogP contribution in [0.25, 0.3) is 0 Å². The number of carbonyl (C=O) groups is 2. The highest BCUT2D eigenvalue weighted by atomic mass is 35.5. The zero-order valence-corrected chi connectivity index (χ0v) is 18.9. The molecule has 0 amide bonds. The number of fused-ring (bicyclic) bond motifs is 1. The fraction of sp³-hybridized carbons (Fsp3) is 0.450. The SMILES string of the molecule is CCCCC=O.O=COCOc1nc(SCc2c(Cl)cncc2Cl)nc2c1CCC2. The number of hydrogen-bond acceptors (Lipinski definition) is 8. The van der Waals surface area contributed by atoms with Crippen LogP contribution in [0.2, 0.25) is 10.0 Å². The zero-order chi connectivity index (χ0) is 21.8. The first kappa shape index (κ1) is 24.4. The molecule has 0 aromatic carbocycles. The number of rotatable bonds is 10. The first-order valence-electron chi connectivity index (χ1n) is 9.52. The highest BCUT2D eigenvalue weighted by Gasteiger charge is 2.21. The van der Waals surface area contributed by atoms with Gasteiger partial charge in [-0.2, -0.15) is 4.98 Å². The molecule has 0 atom stereocenters. The van der Waals surface area contributed by atoms with Gasteiger partial charge in [0.1, 0.15) is 6.29 Å². The molecule has 0 saturated carbocycles. The summed E-state index contributed by atoms with van der Waals surface area (Å²) in [5.74, 6) is 0.984. The third-order valence-electron chi connectivity index (χ3n) is 4.18. The van der Waals surface area contributed by atoms with Crippen LogP contribution in [0.3, 0.4) is 0 Å². The van der Waals surface area contributed by atoms with E-state index in [4.69, 9.17) is 27.9 Å². The van der Waals surface area contributed by atoms with Crippen molar-refractivity contribution in [2.24, 2.45) is 0 Å².